The molecule has 20 heavy (non-hydrogen) atoms. The number of nitrogens with one attached hydrogen (secondary N) is 1. The summed E-state index contributed by atoms with van der Waals surface area (Å²) < 4.78 is 18.4. The van der Waals surface area contributed by atoms with Gasteiger partial charge in [0.1, 0.15) is 11.6 Å². The molecule has 1 amide bonds. The van der Waals surface area contributed by atoms with E-state index in [9.17, 15) is 9.18 Å². The van der Waals surface area contributed by atoms with Crippen LogP contribution >= 0.6 is 11.3 Å². The topological polar surface area (TPSA) is 38.3 Å². The van der Waals surface area contributed by atoms with Crippen LogP contribution in [0.15, 0.2) is 41.8 Å². The predicted molar refractivity (Wildman–Crippen MR) is 77.3 cm³/mol. The number of halogens is 1. The lowest BCUT2D eigenvalue weighted by Crippen LogP contribution is -2.37. The molecule has 0 aliphatic heterocycles. The number of carbonyl (C=O) groups is 1. The van der Waals surface area contributed by atoms with Crippen LogP contribution in [0.2, 0.25) is 0 Å². The normalized spacial score (nSPS) is 11.9. The average Bonchev–Trinajstić information content (AvgIpc) is 2.97. The van der Waals surface area contributed by atoms with Crippen molar-refractivity contribution in [3.63, 3.8) is 0 Å². The van der Waals surface area contributed by atoms with Crippen molar-refractivity contribution in [2.45, 2.75) is 26.0 Å². The summed E-state index contributed by atoms with van der Waals surface area (Å²) in [6.45, 7) is 2.37. The van der Waals surface area contributed by atoms with Crippen molar-refractivity contribution in [3.05, 3.63) is 52.5 Å². The molecule has 0 saturated carbocycles. The molecule has 0 saturated heterocycles. The summed E-state index contributed by atoms with van der Waals surface area (Å²) in [5.74, 6) is 0.00212. The van der Waals surface area contributed by atoms with Gasteiger partial charge in [-0.1, -0.05) is 13.0 Å². The second-order valence-electron chi connectivity index (χ2n) is 4.27. The molecule has 1 aromatic heterocycles. The van der Waals surface area contributed by atoms with Crippen molar-refractivity contribution in [1.29, 1.82) is 0 Å². The van der Waals surface area contributed by atoms with Crippen LogP contribution in [-0.2, 0) is 11.3 Å². The van der Waals surface area contributed by atoms with Gasteiger partial charge < -0.3 is 10.1 Å². The third-order valence-electron chi connectivity index (χ3n) is 2.77. The Morgan fingerprint density at radius 1 is 1.35 bits per heavy atom. The lowest BCUT2D eigenvalue weighted by atomic mass is 10.2. The largest absolute Gasteiger partial charge is 0.481 e. The monoisotopic (exact) mass is 293 g/mol. The van der Waals surface area contributed by atoms with E-state index in [4.69, 9.17) is 4.74 Å². The second-order valence-corrected chi connectivity index (χ2v) is 5.30. The molecule has 0 spiro atoms. The van der Waals surface area contributed by atoms with Crippen LogP contribution in [-0.4, -0.2) is 12.0 Å². The van der Waals surface area contributed by atoms with Crippen molar-refractivity contribution in [2.75, 3.05) is 0 Å². The van der Waals surface area contributed by atoms with Gasteiger partial charge in [-0.15, -0.1) is 11.3 Å². The van der Waals surface area contributed by atoms with Gasteiger partial charge >= 0.3 is 0 Å². The van der Waals surface area contributed by atoms with E-state index < -0.39 is 6.10 Å². The Morgan fingerprint density at radius 3 is 2.70 bits per heavy atom. The van der Waals surface area contributed by atoms with Crippen molar-refractivity contribution in [1.82, 2.24) is 5.32 Å². The molecule has 0 aliphatic carbocycles. The third-order valence-corrected chi connectivity index (χ3v) is 3.65. The summed E-state index contributed by atoms with van der Waals surface area (Å²) in [6, 6.07) is 9.57. The molecular weight excluding hydrogens is 277 g/mol. The van der Waals surface area contributed by atoms with E-state index in [0.29, 0.717) is 18.7 Å². The van der Waals surface area contributed by atoms with Gasteiger partial charge in [-0.2, -0.15) is 0 Å². The third kappa shape index (κ3) is 4.06. The van der Waals surface area contributed by atoms with Crippen molar-refractivity contribution in [2.24, 2.45) is 0 Å². The van der Waals surface area contributed by atoms with E-state index in [2.05, 4.69) is 5.32 Å². The van der Waals surface area contributed by atoms with Crippen molar-refractivity contribution < 1.29 is 13.9 Å². The maximum Gasteiger partial charge on any atom is 0.261 e. The van der Waals surface area contributed by atoms with Crippen molar-refractivity contribution >= 4 is 17.2 Å². The Kier molecular flexibility index (Phi) is 5.12. The number of ether oxygens (including phenoxy) is 1. The van der Waals surface area contributed by atoms with E-state index in [1.165, 1.54) is 24.3 Å². The molecule has 0 radical (unpaired) electrons. The molecule has 106 valence electrons. The van der Waals surface area contributed by atoms with E-state index in [1.54, 1.807) is 11.3 Å². The molecule has 3 nitrogen and oxygen atoms in total. The standard InChI is InChI=1S/C15H16FNO2S/c1-2-14(19-12-7-5-11(16)6-8-12)15(18)17-10-13-4-3-9-20-13/h3-9,14H,2,10H2,1H3,(H,17,18). The van der Waals surface area contributed by atoms with Gasteiger partial charge in [0.15, 0.2) is 6.10 Å². The molecule has 5 heteroatoms. The van der Waals surface area contributed by atoms with Crippen molar-refractivity contribution in [3.8, 4) is 5.75 Å². The van der Waals surface area contributed by atoms with Gasteiger partial charge in [-0.3, -0.25) is 4.79 Å². The Balaban J connectivity index is 1.90. The molecule has 1 unspecified atom stereocenters. The van der Waals surface area contributed by atoms with Crippen LogP contribution < -0.4 is 10.1 Å². The van der Waals surface area contributed by atoms with Crippen LogP contribution in [0.3, 0.4) is 0 Å². The summed E-state index contributed by atoms with van der Waals surface area (Å²) in [4.78, 5) is 13.1. The zero-order chi connectivity index (χ0) is 14.4. The summed E-state index contributed by atoms with van der Waals surface area (Å²) in [6.07, 6.45) is -0.0198. The predicted octanol–water partition coefficient (Wildman–Crippen LogP) is 3.36. The quantitative estimate of drug-likeness (QED) is 0.887. The van der Waals surface area contributed by atoms with Crippen LogP contribution in [0.25, 0.3) is 0 Å². The molecule has 0 aliphatic rings. The molecule has 0 bridgehead atoms. The van der Waals surface area contributed by atoms with E-state index in [0.717, 1.165) is 4.88 Å². The Bertz CT molecular complexity index is 540. The van der Waals surface area contributed by atoms with Gasteiger partial charge in [-0.25, -0.2) is 4.39 Å². The molecule has 0 fully saturated rings. The molecule has 2 aromatic rings. The minimum absolute atomic E-state index is 0.162. The number of carbonyl (C=O) groups excluding carboxylic acids is 1. The fourth-order valence-corrected chi connectivity index (χ4v) is 2.35. The first-order valence-corrected chi connectivity index (χ1v) is 7.29. The fraction of sp³-hybridized carbons (Fsp3) is 0.267. The van der Waals surface area contributed by atoms with E-state index in [1.807, 2.05) is 24.4 Å². The van der Waals surface area contributed by atoms with Gasteiger partial charge in [-0.05, 0) is 42.1 Å². The van der Waals surface area contributed by atoms with Crippen LogP contribution in [0.5, 0.6) is 5.75 Å². The van der Waals surface area contributed by atoms with Gasteiger partial charge in [0.05, 0.1) is 6.54 Å². The van der Waals surface area contributed by atoms with E-state index in [-0.39, 0.29) is 11.7 Å². The average molecular weight is 293 g/mol. The first-order valence-electron chi connectivity index (χ1n) is 6.41. The number of thiophene rings is 1. The van der Waals surface area contributed by atoms with Crippen LogP contribution in [0.1, 0.15) is 18.2 Å². The smallest absolute Gasteiger partial charge is 0.261 e. The summed E-state index contributed by atoms with van der Waals surface area (Å²) >= 11 is 1.59. The molecule has 1 N–H and O–H groups in total. The minimum atomic E-state index is -0.569. The molecule has 1 aromatic carbocycles. The highest BCUT2D eigenvalue weighted by Crippen LogP contribution is 2.15. The number of hydrogen-bond donors (Lipinski definition) is 1. The fourth-order valence-electron chi connectivity index (χ4n) is 1.70. The molecule has 1 heterocycles. The molecule has 1 atom stereocenters. The molecular formula is C15H16FNO2S. The number of rotatable bonds is 6. The second kappa shape index (κ2) is 7.05. The highest BCUT2D eigenvalue weighted by molar-refractivity contribution is 7.09. The Hall–Kier alpha value is -1.88. The van der Waals surface area contributed by atoms with Crippen LogP contribution in [0.4, 0.5) is 4.39 Å². The SMILES string of the molecule is CCC(Oc1ccc(F)cc1)C(=O)NCc1cccs1. The first-order chi connectivity index (χ1) is 9.69. The minimum Gasteiger partial charge on any atom is -0.481 e. The number of benzene rings is 1. The van der Waals surface area contributed by atoms with Crippen LogP contribution in [0, 0.1) is 5.82 Å². The summed E-state index contributed by atoms with van der Waals surface area (Å²) in [5, 5.41) is 4.81. The summed E-state index contributed by atoms with van der Waals surface area (Å²) in [5.41, 5.74) is 0. The zero-order valence-corrected chi connectivity index (χ0v) is 12.0. The zero-order valence-electron chi connectivity index (χ0n) is 11.1. The summed E-state index contributed by atoms with van der Waals surface area (Å²) in [7, 11) is 0. The molecule has 2 rings (SSSR count). The lowest BCUT2D eigenvalue weighted by molar-refractivity contribution is -0.128. The first kappa shape index (κ1) is 14.5. The lowest BCUT2D eigenvalue weighted by Gasteiger charge is -2.17. The Labute approximate surface area is 121 Å². The number of hydrogen-bond acceptors (Lipinski definition) is 3. The van der Waals surface area contributed by atoms with Gasteiger partial charge in [0.2, 0.25) is 0 Å². The van der Waals surface area contributed by atoms with E-state index >= 15 is 0 Å². The van der Waals surface area contributed by atoms with Gasteiger partial charge in [0, 0.05) is 4.88 Å². The maximum absolute atomic E-state index is 12.8. The highest BCUT2D eigenvalue weighted by Gasteiger charge is 2.18. The highest BCUT2D eigenvalue weighted by atomic mass is 32.1. The maximum atomic E-state index is 12.8. The number of amides is 1. The Morgan fingerprint density at radius 2 is 2.10 bits per heavy atom. The van der Waals surface area contributed by atoms with Gasteiger partial charge in [0.25, 0.3) is 5.91 Å².